The summed E-state index contributed by atoms with van der Waals surface area (Å²) in [6, 6.07) is -3.42. The van der Waals surface area contributed by atoms with Crippen molar-refractivity contribution in [3.05, 3.63) is 0 Å². The van der Waals surface area contributed by atoms with Gasteiger partial charge in [-0.3, -0.25) is 14.4 Å². The van der Waals surface area contributed by atoms with Crippen molar-refractivity contribution in [1.82, 2.24) is 16.0 Å². The molecule has 0 saturated carbocycles. The van der Waals surface area contributed by atoms with Gasteiger partial charge in [-0.1, -0.05) is 41.5 Å². The summed E-state index contributed by atoms with van der Waals surface area (Å²) in [5.41, 5.74) is 0. The molecule has 12 heteroatoms. The molecule has 0 aromatic heterocycles. The Kier molecular flexibility index (Phi) is 11.3. The van der Waals surface area contributed by atoms with Gasteiger partial charge in [-0.15, -0.1) is 0 Å². The van der Waals surface area contributed by atoms with Gasteiger partial charge in [0, 0.05) is 0 Å². The molecule has 6 atom stereocenters. The minimum Gasteiger partial charge on any atom is -0.451 e. The highest BCUT2D eigenvalue weighted by atomic mass is 16.6. The van der Waals surface area contributed by atoms with E-state index in [0.717, 1.165) is 0 Å². The van der Waals surface area contributed by atoms with Crippen LogP contribution in [0.5, 0.6) is 0 Å². The normalized spacial score (nSPS) is 30.0. The largest absolute Gasteiger partial charge is 0.451 e. The number of cyclic esters (lactones) is 3. The zero-order valence-electron chi connectivity index (χ0n) is 22.4. The molecule has 12 nitrogen and oxygen atoms in total. The molecule has 36 heavy (non-hydrogen) atoms. The first-order valence-corrected chi connectivity index (χ1v) is 12.1. The summed E-state index contributed by atoms with van der Waals surface area (Å²) in [6.45, 7) is 13.9. The molecule has 1 aliphatic rings. The number of carbonyl (C=O) groups excluding carboxylic acids is 6. The van der Waals surface area contributed by atoms with E-state index in [4.69, 9.17) is 14.2 Å². The maximum Gasteiger partial charge on any atom is 0.329 e. The third-order valence-corrected chi connectivity index (χ3v) is 5.64. The molecule has 1 aliphatic heterocycles. The van der Waals surface area contributed by atoms with E-state index >= 15 is 0 Å². The fourth-order valence-electron chi connectivity index (χ4n) is 3.21. The molecule has 0 radical (unpaired) electrons. The molecule has 204 valence electrons. The van der Waals surface area contributed by atoms with Crippen LogP contribution in [-0.2, 0) is 43.0 Å². The summed E-state index contributed by atoms with van der Waals surface area (Å²) >= 11 is 0. The van der Waals surface area contributed by atoms with Gasteiger partial charge in [-0.25, -0.2) is 14.4 Å². The molecule has 1 fully saturated rings. The van der Waals surface area contributed by atoms with E-state index in [1.165, 1.54) is 20.8 Å². The number of ether oxygens (including phenoxy) is 3. The van der Waals surface area contributed by atoms with Gasteiger partial charge in [0.2, 0.25) is 0 Å². The Morgan fingerprint density at radius 3 is 0.833 bits per heavy atom. The van der Waals surface area contributed by atoms with Crippen LogP contribution in [0.4, 0.5) is 0 Å². The van der Waals surface area contributed by atoms with Crippen LogP contribution >= 0.6 is 0 Å². The van der Waals surface area contributed by atoms with E-state index in [1.807, 2.05) is 0 Å². The molecule has 1 rings (SSSR count). The minimum absolute atomic E-state index is 0.423. The highest BCUT2D eigenvalue weighted by Gasteiger charge is 2.36. The quantitative estimate of drug-likeness (QED) is 0.353. The van der Waals surface area contributed by atoms with Crippen LogP contribution in [0, 0.1) is 17.8 Å². The van der Waals surface area contributed by atoms with Crippen LogP contribution in [-0.4, -0.2) is 72.1 Å². The number of amides is 3. The standard InChI is InChI=1S/C24H39N3O9/c1-10(2)16-22(31)34-14(8)20(29)26-18(12(5)6)24(33)36-15(9)21(30)27-17(11(3)4)23(32)35-13(7)19(28)25-16/h10-18H,1-9H3,(H,25,28)(H,26,29)(H,27,30)/t13-,14-,15+,16+,17+,18-/m0/s1. The Hall–Kier alpha value is -3.18. The van der Waals surface area contributed by atoms with Crippen molar-refractivity contribution in [2.45, 2.75) is 98.8 Å². The van der Waals surface area contributed by atoms with E-state index in [2.05, 4.69) is 16.0 Å². The molecular weight excluding hydrogens is 474 g/mol. The topological polar surface area (TPSA) is 166 Å². The molecule has 0 unspecified atom stereocenters. The third-order valence-electron chi connectivity index (χ3n) is 5.64. The molecule has 3 N–H and O–H groups in total. The number of esters is 3. The van der Waals surface area contributed by atoms with Crippen LogP contribution in [0.1, 0.15) is 62.3 Å². The van der Waals surface area contributed by atoms with Crippen LogP contribution in [0.2, 0.25) is 0 Å². The van der Waals surface area contributed by atoms with Crippen molar-refractivity contribution < 1.29 is 43.0 Å². The average molecular weight is 514 g/mol. The van der Waals surface area contributed by atoms with E-state index in [9.17, 15) is 28.8 Å². The van der Waals surface area contributed by atoms with Crippen molar-refractivity contribution in [1.29, 1.82) is 0 Å². The molecular formula is C24H39N3O9. The van der Waals surface area contributed by atoms with E-state index in [1.54, 1.807) is 41.5 Å². The van der Waals surface area contributed by atoms with Crippen LogP contribution in [0.3, 0.4) is 0 Å². The second kappa shape index (κ2) is 13.2. The van der Waals surface area contributed by atoms with Crippen molar-refractivity contribution in [3.8, 4) is 0 Å². The zero-order valence-corrected chi connectivity index (χ0v) is 22.4. The fraction of sp³-hybridized carbons (Fsp3) is 0.750. The van der Waals surface area contributed by atoms with E-state index in [0.29, 0.717) is 0 Å². The van der Waals surface area contributed by atoms with Gasteiger partial charge in [0.25, 0.3) is 17.7 Å². The lowest BCUT2D eigenvalue weighted by atomic mass is 10.0. The smallest absolute Gasteiger partial charge is 0.329 e. The highest BCUT2D eigenvalue weighted by Crippen LogP contribution is 2.12. The van der Waals surface area contributed by atoms with Crippen molar-refractivity contribution >= 4 is 35.6 Å². The summed E-state index contributed by atoms with van der Waals surface area (Å²) < 4.78 is 15.7. The van der Waals surface area contributed by atoms with Gasteiger partial charge < -0.3 is 30.2 Å². The first-order chi connectivity index (χ1) is 16.6. The first kappa shape index (κ1) is 30.9. The Balaban J connectivity index is 3.36. The summed E-state index contributed by atoms with van der Waals surface area (Å²) in [5.74, 6) is -6.15. The number of hydrogen-bond acceptors (Lipinski definition) is 9. The second-order valence-electron chi connectivity index (χ2n) is 9.93. The van der Waals surface area contributed by atoms with Gasteiger partial charge in [0.05, 0.1) is 0 Å². The number of hydrogen-bond donors (Lipinski definition) is 3. The monoisotopic (exact) mass is 513 g/mol. The van der Waals surface area contributed by atoms with Crippen LogP contribution < -0.4 is 16.0 Å². The Morgan fingerprint density at radius 2 is 0.667 bits per heavy atom. The predicted molar refractivity (Wildman–Crippen MR) is 127 cm³/mol. The lowest BCUT2D eigenvalue weighted by Crippen LogP contribution is -2.55. The number of rotatable bonds is 3. The molecule has 3 amide bonds. The number of nitrogens with one attached hydrogen (secondary N) is 3. The van der Waals surface area contributed by atoms with Crippen molar-refractivity contribution in [2.24, 2.45) is 17.8 Å². The maximum absolute atomic E-state index is 12.8. The molecule has 1 saturated heterocycles. The molecule has 0 bridgehead atoms. The van der Waals surface area contributed by atoms with Crippen molar-refractivity contribution in [2.75, 3.05) is 0 Å². The molecule has 0 spiro atoms. The minimum atomic E-state index is -1.30. The Bertz CT molecular complexity index is 746. The predicted octanol–water partition coefficient (Wildman–Crippen LogP) is 0.218. The van der Waals surface area contributed by atoms with Gasteiger partial charge in [-0.05, 0) is 38.5 Å². The zero-order chi connectivity index (χ0) is 27.9. The van der Waals surface area contributed by atoms with Gasteiger partial charge in [0.1, 0.15) is 18.1 Å². The summed E-state index contributed by atoms with van der Waals surface area (Å²) in [7, 11) is 0. The average Bonchev–Trinajstić information content (AvgIpc) is 2.76. The highest BCUT2D eigenvalue weighted by molar-refractivity contribution is 5.93. The first-order valence-electron chi connectivity index (χ1n) is 12.1. The molecule has 1 heterocycles. The van der Waals surface area contributed by atoms with E-state index < -0.39 is 89.8 Å². The molecule has 0 aliphatic carbocycles. The van der Waals surface area contributed by atoms with Crippen molar-refractivity contribution in [3.63, 3.8) is 0 Å². The van der Waals surface area contributed by atoms with E-state index in [-0.39, 0.29) is 0 Å². The second-order valence-corrected chi connectivity index (χ2v) is 9.93. The van der Waals surface area contributed by atoms with Crippen LogP contribution in [0.15, 0.2) is 0 Å². The molecule has 0 aromatic rings. The lowest BCUT2D eigenvalue weighted by Gasteiger charge is -2.28. The summed E-state index contributed by atoms with van der Waals surface area (Å²) in [6.07, 6.45) is -3.90. The maximum atomic E-state index is 12.8. The lowest BCUT2D eigenvalue weighted by molar-refractivity contribution is -0.165. The fourth-order valence-corrected chi connectivity index (χ4v) is 3.21. The number of carbonyl (C=O) groups is 6. The summed E-state index contributed by atoms with van der Waals surface area (Å²) in [5, 5.41) is 7.46. The van der Waals surface area contributed by atoms with Gasteiger partial charge in [-0.2, -0.15) is 0 Å². The van der Waals surface area contributed by atoms with Crippen LogP contribution in [0.25, 0.3) is 0 Å². The Labute approximate surface area is 211 Å². The molecule has 0 aromatic carbocycles. The third kappa shape index (κ3) is 8.49. The van der Waals surface area contributed by atoms with Gasteiger partial charge >= 0.3 is 17.9 Å². The SMILES string of the molecule is CC(C)[C@@H]1NC(=O)[C@H](C)OC(=O)[C@@H](C(C)C)NC(=O)[C@H](C)OC(=O)[C@@H](C(C)C)NC(=O)[C@@H](C)OC1=O. The summed E-state index contributed by atoms with van der Waals surface area (Å²) in [4.78, 5) is 76.3. The Morgan fingerprint density at radius 1 is 0.472 bits per heavy atom. The van der Waals surface area contributed by atoms with Gasteiger partial charge in [0.15, 0.2) is 18.3 Å².